The summed E-state index contributed by atoms with van der Waals surface area (Å²) in [7, 11) is 1.58. The zero-order valence-electron chi connectivity index (χ0n) is 8.70. The van der Waals surface area contributed by atoms with Crippen LogP contribution in [0, 0.1) is 0 Å². The predicted octanol–water partition coefficient (Wildman–Crippen LogP) is 2.31. The van der Waals surface area contributed by atoms with Crippen LogP contribution in [-0.4, -0.2) is 36.0 Å². The monoisotopic (exact) mass is 293 g/mol. The number of anilines is 1. The number of nitrogens with zero attached hydrogens (tertiary/aromatic N) is 3. The van der Waals surface area contributed by atoms with Crippen molar-refractivity contribution in [2.75, 3.05) is 31.0 Å². The largest absolute Gasteiger partial charge is 0.480 e. The summed E-state index contributed by atoms with van der Waals surface area (Å²) in [6.07, 6.45) is 1.68. The van der Waals surface area contributed by atoms with Crippen LogP contribution in [0.1, 0.15) is 6.92 Å². The van der Waals surface area contributed by atoms with Gasteiger partial charge in [-0.1, -0.05) is 0 Å². The number of rotatable bonds is 5. The summed E-state index contributed by atoms with van der Waals surface area (Å²) in [6.45, 7) is 3.57. The van der Waals surface area contributed by atoms with Gasteiger partial charge in [0.2, 0.25) is 11.8 Å². The summed E-state index contributed by atoms with van der Waals surface area (Å²) in [5.41, 5.74) is 0. The minimum absolute atomic E-state index is 0.535. The van der Waals surface area contributed by atoms with Crippen LogP contribution >= 0.6 is 27.5 Å². The van der Waals surface area contributed by atoms with E-state index in [9.17, 15) is 0 Å². The maximum Gasteiger partial charge on any atom is 0.232 e. The molecule has 1 aromatic heterocycles. The van der Waals surface area contributed by atoms with Gasteiger partial charge in [-0.05, 0) is 22.9 Å². The van der Waals surface area contributed by atoms with Gasteiger partial charge in [0.15, 0.2) is 0 Å². The molecule has 0 aliphatic heterocycles. The van der Waals surface area contributed by atoms with Crippen LogP contribution in [0.4, 0.5) is 5.95 Å². The smallest absolute Gasteiger partial charge is 0.232 e. The number of hydrogen-bond acceptors (Lipinski definition) is 4. The van der Waals surface area contributed by atoms with E-state index in [2.05, 4.69) is 25.9 Å². The van der Waals surface area contributed by atoms with E-state index in [-0.39, 0.29) is 0 Å². The Labute approximate surface area is 103 Å². The highest BCUT2D eigenvalue weighted by molar-refractivity contribution is 9.10. The standard InChI is InChI=1S/C9H13BrClN3O/c1-3-14(5-4-11)9-12-6-7(10)8(13-9)15-2/h6H,3-5H2,1-2H3. The third kappa shape index (κ3) is 3.21. The molecule has 6 heteroatoms. The van der Waals surface area contributed by atoms with Gasteiger partial charge in [0, 0.05) is 19.0 Å². The molecular formula is C9H13BrClN3O. The van der Waals surface area contributed by atoms with E-state index < -0.39 is 0 Å². The first kappa shape index (κ1) is 12.5. The average molecular weight is 295 g/mol. The summed E-state index contributed by atoms with van der Waals surface area (Å²) in [6, 6.07) is 0. The van der Waals surface area contributed by atoms with Crippen molar-refractivity contribution in [3.63, 3.8) is 0 Å². The molecule has 1 rings (SSSR count). The highest BCUT2D eigenvalue weighted by atomic mass is 79.9. The summed E-state index contributed by atoms with van der Waals surface area (Å²) < 4.78 is 5.85. The van der Waals surface area contributed by atoms with Crippen molar-refractivity contribution in [3.05, 3.63) is 10.7 Å². The molecule has 1 heterocycles. The first-order chi connectivity index (χ1) is 7.22. The topological polar surface area (TPSA) is 38.2 Å². The zero-order valence-corrected chi connectivity index (χ0v) is 11.0. The van der Waals surface area contributed by atoms with Gasteiger partial charge in [0.1, 0.15) is 0 Å². The Morgan fingerprint density at radius 1 is 1.60 bits per heavy atom. The van der Waals surface area contributed by atoms with Crippen LogP contribution in [0.3, 0.4) is 0 Å². The van der Waals surface area contributed by atoms with Crippen LogP contribution in [0.2, 0.25) is 0 Å². The molecule has 0 atom stereocenters. The third-order valence-corrected chi connectivity index (χ3v) is 2.62. The van der Waals surface area contributed by atoms with Crippen LogP contribution in [0.5, 0.6) is 5.88 Å². The molecule has 0 aliphatic carbocycles. The lowest BCUT2D eigenvalue weighted by Gasteiger charge is -2.19. The Balaban J connectivity index is 2.92. The highest BCUT2D eigenvalue weighted by Crippen LogP contribution is 2.23. The molecule has 0 aliphatic rings. The summed E-state index contributed by atoms with van der Waals surface area (Å²) in [5.74, 6) is 1.72. The minimum Gasteiger partial charge on any atom is -0.480 e. The van der Waals surface area contributed by atoms with Gasteiger partial charge in [-0.3, -0.25) is 0 Å². The number of halogens is 2. The van der Waals surface area contributed by atoms with E-state index in [0.29, 0.717) is 17.7 Å². The Hall–Kier alpha value is -0.550. The summed E-state index contributed by atoms with van der Waals surface area (Å²) in [5, 5.41) is 0. The average Bonchev–Trinajstić information content (AvgIpc) is 2.27. The zero-order chi connectivity index (χ0) is 11.3. The number of methoxy groups -OCH3 is 1. The second kappa shape index (κ2) is 6.12. The number of aromatic nitrogens is 2. The van der Waals surface area contributed by atoms with Crippen molar-refractivity contribution < 1.29 is 4.74 Å². The summed E-state index contributed by atoms with van der Waals surface area (Å²) in [4.78, 5) is 10.5. The fourth-order valence-electron chi connectivity index (χ4n) is 1.14. The number of hydrogen-bond donors (Lipinski definition) is 0. The van der Waals surface area contributed by atoms with Crippen molar-refractivity contribution in [2.24, 2.45) is 0 Å². The Morgan fingerprint density at radius 3 is 2.87 bits per heavy atom. The molecule has 0 spiro atoms. The molecule has 0 bridgehead atoms. The van der Waals surface area contributed by atoms with Gasteiger partial charge in [-0.15, -0.1) is 11.6 Å². The fourth-order valence-corrected chi connectivity index (χ4v) is 1.70. The van der Waals surface area contributed by atoms with Gasteiger partial charge < -0.3 is 9.64 Å². The molecule has 84 valence electrons. The van der Waals surface area contributed by atoms with Gasteiger partial charge >= 0.3 is 0 Å². The molecule has 1 aromatic rings. The van der Waals surface area contributed by atoms with Crippen LogP contribution < -0.4 is 9.64 Å². The number of alkyl halides is 1. The minimum atomic E-state index is 0.535. The second-order valence-corrected chi connectivity index (χ2v) is 4.03. The fraction of sp³-hybridized carbons (Fsp3) is 0.556. The van der Waals surface area contributed by atoms with Gasteiger partial charge in [0.05, 0.1) is 17.8 Å². The quantitative estimate of drug-likeness (QED) is 0.781. The maximum absolute atomic E-state index is 5.69. The SMILES string of the molecule is CCN(CCCl)c1ncc(Br)c(OC)n1. The van der Waals surface area contributed by atoms with E-state index in [1.54, 1.807) is 13.3 Å². The second-order valence-electron chi connectivity index (χ2n) is 2.80. The molecule has 0 saturated heterocycles. The van der Waals surface area contributed by atoms with E-state index in [1.807, 2.05) is 11.8 Å². The molecule has 0 amide bonds. The molecule has 0 fully saturated rings. The molecule has 0 saturated carbocycles. The van der Waals surface area contributed by atoms with Crippen molar-refractivity contribution in [1.29, 1.82) is 0 Å². The third-order valence-electron chi connectivity index (χ3n) is 1.91. The normalized spacial score (nSPS) is 10.1. The van der Waals surface area contributed by atoms with Gasteiger partial charge in [0.25, 0.3) is 0 Å². The van der Waals surface area contributed by atoms with E-state index in [4.69, 9.17) is 16.3 Å². The van der Waals surface area contributed by atoms with Crippen molar-refractivity contribution in [1.82, 2.24) is 9.97 Å². The van der Waals surface area contributed by atoms with Crippen molar-refractivity contribution >= 4 is 33.5 Å². The first-order valence-electron chi connectivity index (χ1n) is 4.60. The van der Waals surface area contributed by atoms with Gasteiger partial charge in [-0.2, -0.15) is 4.98 Å². The molecule has 0 unspecified atom stereocenters. The summed E-state index contributed by atoms with van der Waals surface area (Å²) >= 11 is 9.00. The Kier molecular flexibility index (Phi) is 5.11. The molecule has 0 N–H and O–H groups in total. The highest BCUT2D eigenvalue weighted by Gasteiger charge is 2.10. The molecule has 0 aromatic carbocycles. The Bertz CT molecular complexity index is 324. The van der Waals surface area contributed by atoms with E-state index in [1.165, 1.54) is 0 Å². The lowest BCUT2D eigenvalue weighted by atomic mass is 10.5. The van der Waals surface area contributed by atoms with E-state index in [0.717, 1.165) is 17.6 Å². The number of ether oxygens (including phenoxy) is 1. The van der Waals surface area contributed by atoms with Gasteiger partial charge in [-0.25, -0.2) is 4.98 Å². The lowest BCUT2D eigenvalue weighted by molar-refractivity contribution is 0.394. The predicted molar refractivity (Wildman–Crippen MR) is 64.9 cm³/mol. The molecule has 15 heavy (non-hydrogen) atoms. The molecule has 0 radical (unpaired) electrons. The lowest BCUT2D eigenvalue weighted by Crippen LogP contribution is -2.26. The van der Waals surface area contributed by atoms with Crippen LogP contribution in [0.25, 0.3) is 0 Å². The molecular weight excluding hydrogens is 281 g/mol. The maximum atomic E-state index is 5.69. The first-order valence-corrected chi connectivity index (χ1v) is 5.93. The van der Waals surface area contributed by atoms with Crippen molar-refractivity contribution in [3.8, 4) is 5.88 Å². The van der Waals surface area contributed by atoms with Crippen molar-refractivity contribution in [2.45, 2.75) is 6.92 Å². The molecule has 4 nitrogen and oxygen atoms in total. The van der Waals surface area contributed by atoms with Crippen LogP contribution in [-0.2, 0) is 0 Å². The van der Waals surface area contributed by atoms with E-state index >= 15 is 0 Å². The van der Waals surface area contributed by atoms with Crippen LogP contribution in [0.15, 0.2) is 10.7 Å². The Morgan fingerprint density at radius 2 is 2.33 bits per heavy atom.